The second-order valence-corrected chi connectivity index (χ2v) is 6.47. The van der Waals surface area contributed by atoms with Crippen LogP contribution in [0.2, 0.25) is 0 Å². The van der Waals surface area contributed by atoms with E-state index in [4.69, 9.17) is 0 Å². The Morgan fingerprint density at radius 3 is 2.41 bits per heavy atom. The lowest BCUT2D eigenvalue weighted by Gasteiger charge is -2.32. The summed E-state index contributed by atoms with van der Waals surface area (Å²) in [6.45, 7) is 1.05. The highest BCUT2D eigenvalue weighted by Crippen LogP contribution is 2.42. The number of nitrogens with one attached hydrogen (secondary N) is 1. The molecule has 2 aliphatic rings. The third-order valence-corrected chi connectivity index (χ3v) is 4.88. The molecule has 0 aliphatic heterocycles. The van der Waals surface area contributed by atoms with Crippen LogP contribution in [-0.4, -0.2) is 12.7 Å². The predicted octanol–water partition coefficient (Wildman–Crippen LogP) is 5.31. The molecule has 1 aromatic rings. The van der Waals surface area contributed by atoms with Crippen molar-refractivity contribution in [3.63, 3.8) is 0 Å². The minimum Gasteiger partial charge on any atom is -0.376 e. The third-order valence-electron chi connectivity index (χ3n) is 4.88. The largest absolute Gasteiger partial charge is 0.405 e. The van der Waals surface area contributed by atoms with Crippen molar-refractivity contribution < 1.29 is 13.2 Å². The second kappa shape index (κ2) is 5.98. The van der Waals surface area contributed by atoms with Crippen molar-refractivity contribution in [1.82, 2.24) is 5.32 Å². The maximum Gasteiger partial charge on any atom is 0.405 e. The topological polar surface area (TPSA) is 12.0 Å². The number of benzene rings is 1. The zero-order valence-corrected chi connectivity index (χ0v) is 12.9. The van der Waals surface area contributed by atoms with Gasteiger partial charge in [-0.1, -0.05) is 24.6 Å². The molecule has 120 valence electrons. The number of halogens is 3. The highest BCUT2D eigenvalue weighted by atomic mass is 19.4. The Labute approximate surface area is 129 Å². The zero-order valence-electron chi connectivity index (χ0n) is 12.9. The van der Waals surface area contributed by atoms with Gasteiger partial charge in [-0.05, 0) is 61.6 Å². The lowest BCUT2D eigenvalue weighted by Crippen LogP contribution is -2.30. The Morgan fingerprint density at radius 1 is 1.18 bits per heavy atom. The van der Waals surface area contributed by atoms with Crippen LogP contribution in [0.1, 0.15) is 61.1 Å². The molecular formula is C18H22F3N. The van der Waals surface area contributed by atoms with Gasteiger partial charge in [0, 0.05) is 11.3 Å². The molecule has 0 bridgehead atoms. The van der Waals surface area contributed by atoms with Gasteiger partial charge in [-0.3, -0.25) is 0 Å². The molecule has 1 N–H and O–H groups in total. The first-order valence-electron chi connectivity index (χ1n) is 8.08. The zero-order chi connectivity index (χ0) is 15.7. The molecule has 0 unspecified atom stereocenters. The summed E-state index contributed by atoms with van der Waals surface area (Å²) in [5, 5.41) is 2.72. The standard InChI is InChI=1S/C18H22F3N/c1-12-5-2-10-15(13-6-3-7-13)16(12)17(14-8-4-9-14)22-11-18(19,20)21/h2,5,10,13,22H,3-4,6-9,11H2,1H3. The first kappa shape index (κ1) is 15.4. The fraction of sp³-hybridized carbons (Fsp3) is 0.556. The molecule has 2 saturated carbocycles. The Hall–Kier alpha value is -1.45. The van der Waals surface area contributed by atoms with Gasteiger partial charge >= 0.3 is 6.18 Å². The molecule has 0 radical (unpaired) electrons. The summed E-state index contributed by atoms with van der Waals surface area (Å²) in [7, 11) is 0. The molecule has 0 saturated heterocycles. The van der Waals surface area contributed by atoms with Crippen molar-refractivity contribution in [2.45, 2.75) is 57.5 Å². The minimum absolute atomic E-state index is 0.512. The van der Waals surface area contributed by atoms with E-state index < -0.39 is 12.7 Å². The number of hydrogen-bond donors (Lipinski definition) is 1. The molecule has 1 aromatic carbocycles. The summed E-state index contributed by atoms with van der Waals surface area (Å²) >= 11 is 0. The summed E-state index contributed by atoms with van der Waals surface area (Å²) in [4.78, 5) is 0. The molecule has 0 amide bonds. The number of hydrogen-bond acceptors (Lipinski definition) is 1. The molecule has 0 atom stereocenters. The van der Waals surface area contributed by atoms with Crippen molar-refractivity contribution in [1.29, 1.82) is 0 Å². The summed E-state index contributed by atoms with van der Waals surface area (Å²) in [6.07, 6.45) is 2.25. The third kappa shape index (κ3) is 3.16. The molecule has 1 nitrogen and oxygen atoms in total. The molecule has 0 aromatic heterocycles. The van der Waals surface area contributed by atoms with Gasteiger partial charge in [0.15, 0.2) is 0 Å². The average Bonchev–Trinajstić information content (AvgIpc) is 2.30. The quantitative estimate of drug-likeness (QED) is 0.795. The molecule has 0 heterocycles. The van der Waals surface area contributed by atoms with Crippen LogP contribution in [0.25, 0.3) is 5.70 Å². The predicted molar refractivity (Wildman–Crippen MR) is 82.6 cm³/mol. The van der Waals surface area contributed by atoms with Gasteiger partial charge in [-0.25, -0.2) is 0 Å². The van der Waals surface area contributed by atoms with Crippen molar-refractivity contribution in [3.05, 3.63) is 40.5 Å². The van der Waals surface area contributed by atoms with E-state index in [2.05, 4.69) is 11.4 Å². The van der Waals surface area contributed by atoms with E-state index in [0.29, 0.717) is 5.92 Å². The molecule has 22 heavy (non-hydrogen) atoms. The van der Waals surface area contributed by atoms with E-state index >= 15 is 0 Å². The molecule has 4 heteroatoms. The highest BCUT2D eigenvalue weighted by Gasteiger charge is 2.30. The van der Waals surface area contributed by atoms with Gasteiger partial charge in [-0.2, -0.15) is 13.2 Å². The van der Waals surface area contributed by atoms with Crippen molar-refractivity contribution >= 4 is 5.70 Å². The van der Waals surface area contributed by atoms with Crippen LogP contribution in [0.4, 0.5) is 13.2 Å². The summed E-state index contributed by atoms with van der Waals surface area (Å²) in [5.41, 5.74) is 5.25. The normalized spacial score (nSPS) is 18.6. The van der Waals surface area contributed by atoms with Gasteiger partial charge < -0.3 is 5.32 Å². The van der Waals surface area contributed by atoms with Gasteiger partial charge in [-0.15, -0.1) is 0 Å². The second-order valence-electron chi connectivity index (χ2n) is 6.47. The fourth-order valence-corrected chi connectivity index (χ4v) is 3.27. The lowest BCUT2D eigenvalue weighted by molar-refractivity contribution is -0.122. The summed E-state index contributed by atoms with van der Waals surface area (Å²) in [6, 6.07) is 6.13. The van der Waals surface area contributed by atoms with Crippen LogP contribution in [0, 0.1) is 6.92 Å². The Bertz CT molecular complexity index is 576. The van der Waals surface area contributed by atoms with E-state index in [-0.39, 0.29) is 0 Å². The van der Waals surface area contributed by atoms with Crippen LogP contribution in [0.15, 0.2) is 23.8 Å². The first-order chi connectivity index (χ1) is 10.5. The van der Waals surface area contributed by atoms with E-state index in [0.717, 1.165) is 54.5 Å². The fourth-order valence-electron chi connectivity index (χ4n) is 3.27. The van der Waals surface area contributed by atoms with Crippen LogP contribution in [0.5, 0.6) is 0 Å². The van der Waals surface area contributed by atoms with Gasteiger partial charge in [0.2, 0.25) is 0 Å². The van der Waals surface area contributed by atoms with Crippen LogP contribution >= 0.6 is 0 Å². The number of rotatable bonds is 4. The van der Waals surface area contributed by atoms with Crippen LogP contribution in [-0.2, 0) is 0 Å². The monoisotopic (exact) mass is 309 g/mol. The smallest absolute Gasteiger partial charge is 0.376 e. The molecule has 2 aliphatic carbocycles. The first-order valence-corrected chi connectivity index (χ1v) is 8.08. The van der Waals surface area contributed by atoms with E-state index in [9.17, 15) is 13.2 Å². The highest BCUT2D eigenvalue weighted by molar-refractivity contribution is 5.73. The SMILES string of the molecule is Cc1cccc(C2CCC2)c1C(NCC(F)(F)F)=C1CCC1. The number of allylic oxidation sites excluding steroid dienone is 1. The van der Waals surface area contributed by atoms with Crippen molar-refractivity contribution in [2.75, 3.05) is 6.54 Å². The minimum atomic E-state index is -4.19. The Morgan fingerprint density at radius 2 is 1.91 bits per heavy atom. The molecule has 2 fully saturated rings. The van der Waals surface area contributed by atoms with Crippen molar-refractivity contribution in [2.24, 2.45) is 0 Å². The number of aryl methyl sites for hydroxylation is 1. The Kier molecular flexibility index (Phi) is 4.20. The summed E-state index contributed by atoms with van der Waals surface area (Å²) in [5.74, 6) is 0.512. The van der Waals surface area contributed by atoms with E-state index in [1.165, 1.54) is 12.0 Å². The van der Waals surface area contributed by atoms with Crippen LogP contribution < -0.4 is 5.32 Å². The molecule has 3 rings (SSSR count). The number of alkyl halides is 3. The average molecular weight is 309 g/mol. The van der Waals surface area contributed by atoms with E-state index in [1.807, 2.05) is 19.1 Å². The molecule has 0 spiro atoms. The Balaban J connectivity index is 1.97. The maximum atomic E-state index is 12.7. The van der Waals surface area contributed by atoms with E-state index in [1.54, 1.807) is 0 Å². The van der Waals surface area contributed by atoms with Gasteiger partial charge in [0.05, 0.1) is 0 Å². The maximum absolute atomic E-state index is 12.7. The van der Waals surface area contributed by atoms with Crippen LogP contribution in [0.3, 0.4) is 0 Å². The van der Waals surface area contributed by atoms with Gasteiger partial charge in [0.1, 0.15) is 6.54 Å². The lowest BCUT2D eigenvalue weighted by atomic mass is 9.75. The van der Waals surface area contributed by atoms with Crippen molar-refractivity contribution in [3.8, 4) is 0 Å². The summed E-state index contributed by atoms with van der Waals surface area (Å²) < 4.78 is 38.0. The molecular weight excluding hydrogens is 287 g/mol. The van der Waals surface area contributed by atoms with Gasteiger partial charge in [0.25, 0.3) is 0 Å².